The molecule has 6 nitrogen and oxygen atoms in total. The van der Waals surface area contributed by atoms with Crippen LogP contribution in [0.25, 0.3) is 5.69 Å². The number of anilines is 1. The largest absolute Gasteiger partial charge is 0.338 e. The van der Waals surface area contributed by atoms with Crippen LogP contribution in [0.2, 0.25) is 0 Å². The number of nitrogens with zero attached hydrogens (tertiary/aromatic N) is 3. The monoisotopic (exact) mass is 355 g/mol. The van der Waals surface area contributed by atoms with Gasteiger partial charge in [-0.3, -0.25) is 5.32 Å². The zero-order valence-corrected chi connectivity index (χ0v) is 14.5. The van der Waals surface area contributed by atoms with Gasteiger partial charge in [0, 0.05) is 18.8 Å². The molecule has 0 aliphatic heterocycles. The van der Waals surface area contributed by atoms with E-state index in [-0.39, 0.29) is 11.6 Å². The molecule has 1 fully saturated rings. The summed E-state index contributed by atoms with van der Waals surface area (Å²) in [6, 6.07) is 7.46. The molecular formula is C19H22FN5O. The SMILES string of the molecule is N#Cc1c(F)cccc1-n1ccc(NC(=O)NCCC2CCCCC2)n1. The molecule has 2 amide bonds. The molecule has 0 saturated heterocycles. The first kappa shape index (κ1) is 17.9. The maximum atomic E-state index is 13.7. The Balaban J connectivity index is 1.54. The van der Waals surface area contributed by atoms with Crippen molar-refractivity contribution in [2.45, 2.75) is 38.5 Å². The molecule has 0 atom stereocenters. The summed E-state index contributed by atoms with van der Waals surface area (Å²) in [5, 5.41) is 18.8. The van der Waals surface area contributed by atoms with Crippen LogP contribution in [-0.2, 0) is 0 Å². The van der Waals surface area contributed by atoms with Gasteiger partial charge in [-0.1, -0.05) is 38.2 Å². The quantitative estimate of drug-likeness (QED) is 0.851. The van der Waals surface area contributed by atoms with Crippen LogP contribution in [0.3, 0.4) is 0 Å². The third kappa shape index (κ3) is 4.39. The fourth-order valence-corrected chi connectivity index (χ4v) is 3.37. The Hall–Kier alpha value is -2.88. The number of benzene rings is 1. The minimum Gasteiger partial charge on any atom is -0.338 e. The zero-order valence-electron chi connectivity index (χ0n) is 14.5. The standard InChI is InChI=1S/C19H22FN5O/c20-16-7-4-8-17(15(16)13-21)25-12-10-18(24-25)23-19(26)22-11-9-14-5-2-1-3-6-14/h4,7-8,10,12,14H,1-3,5-6,9,11H2,(H2,22,23,24,26). The Kier molecular flexibility index (Phi) is 5.84. The van der Waals surface area contributed by atoms with Crippen molar-refractivity contribution >= 4 is 11.8 Å². The maximum Gasteiger partial charge on any atom is 0.320 e. The van der Waals surface area contributed by atoms with E-state index in [1.807, 2.05) is 6.07 Å². The fraction of sp³-hybridized carbons (Fsp3) is 0.421. The summed E-state index contributed by atoms with van der Waals surface area (Å²) in [6.45, 7) is 0.639. The molecule has 2 N–H and O–H groups in total. The molecule has 3 rings (SSSR count). The number of rotatable bonds is 5. The van der Waals surface area contributed by atoms with Crippen LogP contribution in [-0.4, -0.2) is 22.4 Å². The summed E-state index contributed by atoms with van der Waals surface area (Å²) < 4.78 is 15.1. The number of amides is 2. The van der Waals surface area contributed by atoms with Crippen LogP contribution in [0.5, 0.6) is 0 Å². The van der Waals surface area contributed by atoms with Crippen molar-refractivity contribution in [1.82, 2.24) is 15.1 Å². The average Bonchev–Trinajstić information content (AvgIpc) is 3.10. The number of nitriles is 1. The molecule has 136 valence electrons. The van der Waals surface area contributed by atoms with Gasteiger partial charge in [0.05, 0.1) is 5.69 Å². The highest BCUT2D eigenvalue weighted by Crippen LogP contribution is 2.25. The molecular weight excluding hydrogens is 333 g/mol. The number of carbonyl (C=O) groups excluding carboxylic acids is 1. The lowest BCUT2D eigenvalue weighted by Crippen LogP contribution is -2.31. The van der Waals surface area contributed by atoms with Crippen LogP contribution in [0.1, 0.15) is 44.1 Å². The van der Waals surface area contributed by atoms with E-state index in [0.29, 0.717) is 24.0 Å². The minimum atomic E-state index is -0.601. The second kappa shape index (κ2) is 8.48. The van der Waals surface area contributed by atoms with E-state index >= 15 is 0 Å². The van der Waals surface area contributed by atoms with E-state index in [1.165, 1.54) is 48.9 Å². The lowest BCUT2D eigenvalue weighted by Gasteiger charge is -2.21. The van der Waals surface area contributed by atoms with Gasteiger partial charge in [0.25, 0.3) is 0 Å². The molecule has 1 aromatic heterocycles. The number of hydrogen-bond donors (Lipinski definition) is 2. The molecule has 7 heteroatoms. The van der Waals surface area contributed by atoms with Gasteiger partial charge in [0.1, 0.15) is 17.4 Å². The Labute approximate surface area is 152 Å². The first-order valence-electron chi connectivity index (χ1n) is 8.97. The van der Waals surface area contributed by atoms with E-state index in [4.69, 9.17) is 5.26 Å². The van der Waals surface area contributed by atoms with Crippen molar-refractivity contribution in [1.29, 1.82) is 5.26 Å². The molecule has 0 bridgehead atoms. The molecule has 1 aliphatic rings. The molecule has 1 saturated carbocycles. The highest BCUT2D eigenvalue weighted by atomic mass is 19.1. The highest BCUT2D eigenvalue weighted by Gasteiger charge is 2.14. The molecule has 1 aromatic carbocycles. The van der Waals surface area contributed by atoms with Crippen LogP contribution in [0.4, 0.5) is 15.0 Å². The number of nitrogens with one attached hydrogen (secondary N) is 2. The number of urea groups is 1. The van der Waals surface area contributed by atoms with Crippen molar-refractivity contribution in [2.24, 2.45) is 5.92 Å². The van der Waals surface area contributed by atoms with Crippen molar-refractivity contribution in [3.8, 4) is 11.8 Å². The number of halogens is 1. The topological polar surface area (TPSA) is 82.7 Å². The van der Waals surface area contributed by atoms with Gasteiger partial charge in [-0.25, -0.2) is 13.9 Å². The van der Waals surface area contributed by atoms with Gasteiger partial charge in [-0.05, 0) is 24.5 Å². The Morgan fingerprint density at radius 1 is 1.31 bits per heavy atom. The zero-order chi connectivity index (χ0) is 18.4. The molecule has 26 heavy (non-hydrogen) atoms. The highest BCUT2D eigenvalue weighted by molar-refractivity contribution is 5.88. The molecule has 0 radical (unpaired) electrons. The summed E-state index contributed by atoms with van der Waals surface area (Å²) in [6.07, 6.45) is 8.99. The lowest BCUT2D eigenvalue weighted by atomic mass is 9.87. The van der Waals surface area contributed by atoms with Gasteiger partial charge in [-0.2, -0.15) is 5.26 Å². The van der Waals surface area contributed by atoms with E-state index in [0.717, 1.165) is 6.42 Å². The van der Waals surface area contributed by atoms with Gasteiger partial charge in [0.2, 0.25) is 0 Å². The first-order valence-corrected chi connectivity index (χ1v) is 8.97. The van der Waals surface area contributed by atoms with Gasteiger partial charge < -0.3 is 5.32 Å². The predicted molar refractivity (Wildman–Crippen MR) is 96.5 cm³/mol. The van der Waals surface area contributed by atoms with Crippen LogP contribution in [0.15, 0.2) is 30.5 Å². The summed E-state index contributed by atoms with van der Waals surface area (Å²) in [4.78, 5) is 12.0. The van der Waals surface area contributed by atoms with Crippen molar-refractivity contribution in [2.75, 3.05) is 11.9 Å². The minimum absolute atomic E-state index is 0.0842. The molecule has 0 unspecified atom stereocenters. The third-order valence-corrected chi connectivity index (χ3v) is 4.74. The Morgan fingerprint density at radius 3 is 2.88 bits per heavy atom. The van der Waals surface area contributed by atoms with E-state index in [1.54, 1.807) is 18.3 Å². The smallest absolute Gasteiger partial charge is 0.320 e. The number of hydrogen-bond acceptors (Lipinski definition) is 3. The van der Waals surface area contributed by atoms with Gasteiger partial charge in [-0.15, -0.1) is 5.10 Å². The third-order valence-electron chi connectivity index (χ3n) is 4.74. The van der Waals surface area contributed by atoms with Crippen LogP contribution in [0, 0.1) is 23.1 Å². The second-order valence-corrected chi connectivity index (χ2v) is 6.56. The molecule has 1 heterocycles. The normalized spacial score (nSPS) is 14.6. The summed E-state index contributed by atoms with van der Waals surface area (Å²) in [5.41, 5.74) is 0.248. The summed E-state index contributed by atoms with van der Waals surface area (Å²) in [5.74, 6) is 0.449. The van der Waals surface area contributed by atoms with Gasteiger partial charge >= 0.3 is 6.03 Å². The van der Waals surface area contributed by atoms with Crippen LogP contribution < -0.4 is 10.6 Å². The number of carbonyl (C=O) groups is 1. The Bertz CT molecular complexity index is 805. The van der Waals surface area contributed by atoms with Crippen molar-refractivity contribution < 1.29 is 9.18 Å². The Morgan fingerprint density at radius 2 is 2.12 bits per heavy atom. The second-order valence-electron chi connectivity index (χ2n) is 6.56. The van der Waals surface area contributed by atoms with Gasteiger partial charge in [0.15, 0.2) is 5.82 Å². The van der Waals surface area contributed by atoms with E-state index in [9.17, 15) is 9.18 Å². The van der Waals surface area contributed by atoms with E-state index in [2.05, 4.69) is 15.7 Å². The lowest BCUT2D eigenvalue weighted by molar-refractivity contribution is 0.250. The van der Waals surface area contributed by atoms with E-state index < -0.39 is 5.82 Å². The van der Waals surface area contributed by atoms with Crippen LogP contribution >= 0.6 is 0 Å². The molecule has 2 aromatic rings. The van der Waals surface area contributed by atoms with Crippen molar-refractivity contribution in [3.05, 3.63) is 41.8 Å². The van der Waals surface area contributed by atoms with Crippen molar-refractivity contribution in [3.63, 3.8) is 0 Å². The first-order chi connectivity index (χ1) is 12.7. The molecule has 1 aliphatic carbocycles. The average molecular weight is 355 g/mol. The summed E-state index contributed by atoms with van der Waals surface area (Å²) >= 11 is 0. The number of aromatic nitrogens is 2. The maximum absolute atomic E-state index is 13.7. The predicted octanol–water partition coefficient (Wildman–Crippen LogP) is 3.97. The molecule has 0 spiro atoms. The summed E-state index contributed by atoms with van der Waals surface area (Å²) in [7, 11) is 0. The fourth-order valence-electron chi connectivity index (χ4n) is 3.37.